The minimum absolute atomic E-state index is 0.0732. The smallest absolute Gasteiger partial charge is 0.235 e. The number of halogens is 1. The van der Waals surface area contributed by atoms with Crippen LogP contribution in [-0.4, -0.2) is 38.6 Å². The number of pyridine rings is 1. The van der Waals surface area contributed by atoms with Crippen LogP contribution in [0.2, 0.25) is 0 Å². The lowest BCUT2D eigenvalue weighted by Gasteiger charge is -2.22. The number of hydrogen-bond donors (Lipinski definition) is 1. The molecule has 1 aliphatic heterocycles. The van der Waals surface area contributed by atoms with E-state index in [1.807, 2.05) is 6.92 Å². The number of aryl methyl sites for hydroxylation is 1. The summed E-state index contributed by atoms with van der Waals surface area (Å²) in [6.45, 7) is 1.81. The zero-order chi connectivity index (χ0) is 15.0. The molecule has 0 atom stereocenters. The van der Waals surface area contributed by atoms with Gasteiger partial charge in [0.1, 0.15) is 14.4 Å². The second-order valence-electron chi connectivity index (χ2n) is 4.83. The molecule has 1 aromatic heterocycles. The summed E-state index contributed by atoms with van der Waals surface area (Å²) in [6, 6.07) is 1.67. The van der Waals surface area contributed by atoms with E-state index >= 15 is 0 Å². The van der Waals surface area contributed by atoms with Crippen LogP contribution in [0.3, 0.4) is 0 Å². The van der Waals surface area contributed by atoms with Crippen LogP contribution in [0.1, 0.15) is 18.4 Å². The Balaban J connectivity index is 2.13. The van der Waals surface area contributed by atoms with Gasteiger partial charge < -0.3 is 0 Å². The molecule has 6 nitrogen and oxygen atoms in total. The van der Waals surface area contributed by atoms with Gasteiger partial charge in [0, 0.05) is 0 Å². The number of sulfone groups is 1. The third kappa shape index (κ3) is 3.70. The summed E-state index contributed by atoms with van der Waals surface area (Å²) >= 11 is 3.24. The number of anilines is 1. The van der Waals surface area contributed by atoms with Gasteiger partial charge in [-0.05, 0) is 47.3 Å². The summed E-state index contributed by atoms with van der Waals surface area (Å²) in [4.78, 5) is 4.02. The fraction of sp³-hybridized carbons (Fsp3) is 0.545. The van der Waals surface area contributed by atoms with E-state index in [0.29, 0.717) is 10.3 Å². The van der Waals surface area contributed by atoms with Crippen LogP contribution in [-0.2, 0) is 19.9 Å². The summed E-state index contributed by atoms with van der Waals surface area (Å²) < 4.78 is 50.2. The van der Waals surface area contributed by atoms with Crippen molar-refractivity contribution >= 4 is 41.5 Å². The topological polar surface area (TPSA) is 93.2 Å². The standard InChI is InChI=1S/C11H15BrN2O4S2/c1-8-6-9(7-13-11(8)12)14-20(17,18)10-2-4-19(15,16)5-3-10/h6-7,10,14H,2-5H2,1H3. The highest BCUT2D eigenvalue weighted by atomic mass is 79.9. The van der Waals surface area contributed by atoms with Gasteiger partial charge in [-0.15, -0.1) is 0 Å². The minimum atomic E-state index is -3.59. The monoisotopic (exact) mass is 382 g/mol. The SMILES string of the molecule is Cc1cc(NS(=O)(=O)C2CCS(=O)(=O)CC2)cnc1Br. The molecule has 20 heavy (non-hydrogen) atoms. The summed E-state index contributed by atoms with van der Waals surface area (Å²) in [5, 5.41) is -0.671. The Labute approximate surface area is 127 Å². The van der Waals surface area contributed by atoms with Crippen LogP contribution < -0.4 is 4.72 Å². The molecule has 0 radical (unpaired) electrons. The fourth-order valence-corrected chi connectivity index (χ4v) is 5.51. The number of rotatable bonds is 3. The maximum absolute atomic E-state index is 12.2. The minimum Gasteiger partial charge on any atom is -0.282 e. The Morgan fingerprint density at radius 2 is 1.95 bits per heavy atom. The first-order valence-electron chi connectivity index (χ1n) is 6.04. The van der Waals surface area contributed by atoms with Crippen molar-refractivity contribution in [3.8, 4) is 0 Å². The van der Waals surface area contributed by atoms with Crippen molar-refractivity contribution < 1.29 is 16.8 Å². The highest BCUT2D eigenvalue weighted by Crippen LogP contribution is 2.23. The predicted molar refractivity (Wildman–Crippen MR) is 80.9 cm³/mol. The van der Waals surface area contributed by atoms with Crippen LogP contribution in [0.25, 0.3) is 0 Å². The van der Waals surface area contributed by atoms with Gasteiger partial charge in [0.2, 0.25) is 10.0 Å². The van der Waals surface area contributed by atoms with Gasteiger partial charge in [-0.2, -0.15) is 0 Å². The quantitative estimate of drug-likeness (QED) is 0.798. The van der Waals surface area contributed by atoms with Crippen LogP contribution in [0.5, 0.6) is 0 Å². The molecule has 112 valence electrons. The number of hydrogen-bond acceptors (Lipinski definition) is 5. The molecule has 1 aliphatic rings. The highest BCUT2D eigenvalue weighted by Gasteiger charge is 2.32. The Morgan fingerprint density at radius 1 is 1.35 bits per heavy atom. The molecule has 9 heteroatoms. The summed E-state index contributed by atoms with van der Waals surface area (Å²) in [5.74, 6) is -0.146. The van der Waals surface area contributed by atoms with E-state index in [-0.39, 0.29) is 24.3 Å². The van der Waals surface area contributed by atoms with E-state index in [1.54, 1.807) is 6.07 Å². The van der Waals surface area contributed by atoms with Gasteiger partial charge in [-0.25, -0.2) is 21.8 Å². The molecular formula is C11H15BrN2O4S2. The summed E-state index contributed by atoms with van der Waals surface area (Å²) in [7, 11) is -6.66. The maximum Gasteiger partial charge on any atom is 0.235 e. The third-order valence-corrected chi connectivity index (χ3v) is 7.63. The lowest BCUT2D eigenvalue weighted by Crippen LogP contribution is -2.36. The van der Waals surface area contributed by atoms with E-state index in [4.69, 9.17) is 0 Å². The molecule has 1 aromatic rings. The van der Waals surface area contributed by atoms with Crippen molar-refractivity contribution in [1.82, 2.24) is 4.98 Å². The lowest BCUT2D eigenvalue weighted by atomic mass is 10.2. The number of sulfonamides is 1. The molecule has 0 aliphatic carbocycles. The molecule has 0 spiro atoms. The largest absolute Gasteiger partial charge is 0.282 e. The molecule has 1 fully saturated rings. The normalized spacial score (nSPS) is 19.7. The Morgan fingerprint density at radius 3 is 2.50 bits per heavy atom. The van der Waals surface area contributed by atoms with Crippen molar-refractivity contribution in [2.75, 3.05) is 16.2 Å². The summed E-state index contributed by atoms with van der Waals surface area (Å²) in [5.41, 5.74) is 1.20. The molecule has 1 N–H and O–H groups in total. The second-order valence-corrected chi connectivity index (χ2v) is 9.85. The molecule has 0 bridgehead atoms. The van der Waals surface area contributed by atoms with Gasteiger partial charge in [0.25, 0.3) is 0 Å². The summed E-state index contributed by atoms with van der Waals surface area (Å²) in [6.07, 6.45) is 1.70. The molecule has 1 saturated heterocycles. The molecule has 0 saturated carbocycles. The van der Waals surface area contributed by atoms with Crippen LogP contribution in [0.4, 0.5) is 5.69 Å². The van der Waals surface area contributed by atoms with E-state index in [2.05, 4.69) is 25.6 Å². The average Bonchev–Trinajstić information content (AvgIpc) is 2.33. The van der Waals surface area contributed by atoms with Gasteiger partial charge in [-0.1, -0.05) is 0 Å². The van der Waals surface area contributed by atoms with Gasteiger partial charge in [-0.3, -0.25) is 4.72 Å². The van der Waals surface area contributed by atoms with Crippen molar-refractivity contribution in [2.24, 2.45) is 0 Å². The first kappa shape index (κ1) is 15.7. The van der Waals surface area contributed by atoms with Crippen LogP contribution in [0.15, 0.2) is 16.9 Å². The predicted octanol–water partition coefficient (Wildman–Crippen LogP) is 1.47. The number of aromatic nitrogens is 1. The average molecular weight is 383 g/mol. The van der Waals surface area contributed by atoms with E-state index < -0.39 is 25.1 Å². The molecule has 2 rings (SSSR count). The zero-order valence-corrected chi connectivity index (χ0v) is 14.1. The van der Waals surface area contributed by atoms with Crippen molar-refractivity contribution in [3.05, 3.63) is 22.4 Å². The zero-order valence-electron chi connectivity index (χ0n) is 10.8. The molecular weight excluding hydrogens is 368 g/mol. The number of nitrogens with one attached hydrogen (secondary N) is 1. The first-order valence-corrected chi connectivity index (χ1v) is 10.2. The van der Waals surface area contributed by atoms with Crippen molar-refractivity contribution in [1.29, 1.82) is 0 Å². The number of nitrogens with zero attached hydrogens (tertiary/aromatic N) is 1. The Hall–Kier alpha value is -0.670. The van der Waals surface area contributed by atoms with Crippen molar-refractivity contribution in [2.45, 2.75) is 25.0 Å². The van der Waals surface area contributed by atoms with Crippen LogP contribution in [0, 0.1) is 6.92 Å². The second kappa shape index (κ2) is 5.61. The fourth-order valence-electron chi connectivity index (χ4n) is 2.04. The van der Waals surface area contributed by atoms with Crippen LogP contribution >= 0.6 is 15.9 Å². The highest BCUT2D eigenvalue weighted by molar-refractivity contribution is 9.10. The third-order valence-electron chi connectivity index (χ3n) is 3.21. The van der Waals surface area contributed by atoms with E-state index in [0.717, 1.165) is 5.56 Å². The van der Waals surface area contributed by atoms with Gasteiger partial charge in [0.15, 0.2) is 0 Å². The van der Waals surface area contributed by atoms with E-state index in [1.165, 1.54) is 6.20 Å². The Bertz CT molecular complexity index is 702. The van der Waals surface area contributed by atoms with E-state index in [9.17, 15) is 16.8 Å². The molecule has 0 aromatic carbocycles. The van der Waals surface area contributed by atoms with Gasteiger partial charge in [0.05, 0.1) is 28.6 Å². The molecule has 2 heterocycles. The molecule has 0 unspecified atom stereocenters. The lowest BCUT2D eigenvalue weighted by molar-refractivity contribution is 0.555. The first-order chi connectivity index (χ1) is 9.20. The Kier molecular flexibility index (Phi) is 4.41. The van der Waals surface area contributed by atoms with Gasteiger partial charge >= 0.3 is 0 Å². The van der Waals surface area contributed by atoms with Crippen molar-refractivity contribution in [3.63, 3.8) is 0 Å². The maximum atomic E-state index is 12.2. The molecule has 0 amide bonds.